The van der Waals surface area contributed by atoms with E-state index in [1.54, 1.807) is 0 Å². The summed E-state index contributed by atoms with van der Waals surface area (Å²) in [4.78, 5) is 11.2. The Balaban J connectivity index is 3.50. The highest BCUT2D eigenvalue weighted by Crippen LogP contribution is 2.28. The molecule has 0 unspecified atom stereocenters. The largest absolute Gasteiger partial charge is 0.465 e. The molecule has 15 heavy (non-hydrogen) atoms. The molecule has 0 atom stereocenters. The van der Waals surface area contributed by atoms with E-state index < -0.39 is 11.8 Å². The van der Waals surface area contributed by atoms with Crippen molar-refractivity contribution in [3.63, 3.8) is 0 Å². The van der Waals surface area contributed by atoms with Crippen molar-refractivity contribution in [2.75, 3.05) is 12.8 Å². The normalized spacial score (nSPS) is 9.80. The molecule has 0 fully saturated rings. The zero-order chi connectivity index (χ0) is 11.6. The van der Waals surface area contributed by atoms with E-state index in [9.17, 15) is 9.18 Å². The summed E-state index contributed by atoms with van der Waals surface area (Å²) in [6.07, 6.45) is 0.870. The lowest BCUT2D eigenvalue weighted by Gasteiger charge is -2.09. The van der Waals surface area contributed by atoms with Crippen molar-refractivity contribution < 1.29 is 13.9 Å². The van der Waals surface area contributed by atoms with Crippen molar-refractivity contribution >= 4 is 33.8 Å². The number of nitrogen functional groups attached to an aromatic ring is 1. The van der Waals surface area contributed by atoms with Gasteiger partial charge >= 0.3 is 5.97 Å². The quantitative estimate of drug-likeness (QED) is 0.492. The molecule has 0 aromatic heterocycles. The lowest BCUT2D eigenvalue weighted by Crippen LogP contribution is -2.09. The maximum atomic E-state index is 13.3. The zero-order valence-corrected chi connectivity index (χ0v) is 9.39. The van der Waals surface area contributed by atoms with E-state index in [-0.39, 0.29) is 21.3 Å². The first-order chi connectivity index (χ1) is 7.02. The minimum atomic E-state index is -0.734. The molecule has 1 rings (SSSR count). The number of carbonyl (C=O) groups excluding carboxylic acids is 1. The number of nitrogens with one attached hydrogen (secondary N) is 1. The molecule has 0 aliphatic carbocycles. The average Bonchev–Trinajstić information content (AvgIpc) is 2.23. The van der Waals surface area contributed by atoms with Crippen molar-refractivity contribution in [3.8, 4) is 0 Å². The molecule has 0 heterocycles. The van der Waals surface area contributed by atoms with Crippen LogP contribution in [0.4, 0.5) is 10.1 Å². The first-order valence-electron chi connectivity index (χ1n) is 3.89. The Kier molecular flexibility index (Phi) is 3.41. The molecule has 0 saturated heterocycles. The van der Waals surface area contributed by atoms with Gasteiger partial charge in [0, 0.05) is 11.8 Å². The van der Waals surface area contributed by atoms with E-state index in [2.05, 4.69) is 20.7 Å². The fraction of sp³-hybridized carbons (Fsp3) is 0.111. The Bertz CT molecular complexity index is 435. The van der Waals surface area contributed by atoms with Crippen LogP contribution in [0, 0.1) is 11.2 Å². The summed E-state index contributed by atoms with van der Waals surface area (Å²) in [5.41, 5.74) is 5.64. The number of anilines is 1. The number of ether oxygens (including phenoxy) is 1. The van der Waals surface area contributed by atoms with Crippen LogP contribution in [0.1, 0.15) is 15.9 Å². The van der Waals surface area contributed by atoms with Gasteiger partial charge in [0.25, 0.3) is 0 Å². The van der Waals surface area contributed by atoms with Gasteiger partial charge in [0.1, 0.15) is 5.82 Å². The molecular formula is C9H8BrFN2O2. The average molecular weight is 275 g/mol. The Morgan fingerprint density at radius 3 is 2.80 bits per heavy atom. The molecule has 3 N–H and O–H groups in total. The maximum Gasteiger partial charge on any atom is 0.340 e. The third-order valence-corrected chi connectivity index (χ3v) is 2.65. The molecule has 0 amide bonds. The second kappa shape index (κ2) is 4.39. The third-order valence-electron chi connectivity index (χ3n) is 1.85. The molecule has 0 bridgehead atoms. The number of benzene rings is 1. The van der Waals surface area contributed by atoms with Gasteiger partial charge in [0.05, 0.1) is 22.8 Å². The van der Waals surface area contributed by atoms with E-state index in [1.807, 2.05) is 0 Å². The number of carbonyl (C=O) groups is 1. The molecule has 4 nitrogen and oxygen atoms in total. The van der Waals surface area contributed by atoms with Gasteiger partial charge in [-0.3, -0.25) is 0 Å². The van der Waals surface area contributed by atoms with E-state index in [4.69, 9.17) is 11.1 Å². The van der Waals surface area contributed by atoms with Crippen molar-refractivity contribution in [1.29, 1.82) is 5.41 Å². The van der Waals surface area contributed by atoms with Crippen molar-refractivity contribution in [1.82, 2.24) is 0 Å². The zero-order valence-electron chi connectivity index (χ0n) is 7.80. The van der Waals surface area contributed by atoms with Crippen LogP contribution in [-0.4, -0.2) is 19.3 Å². The molecule has 6 heteroatoms. The summed E-state index contributed by atoms with van der Waals surface area (Å²) in [5.74, 6) is -1.40. The van der Waals surface area contributed by atoms with Crippen molar-refractivity contribution in [2.24, 2.45) is 0 Å². The van der Waals surface area contributed by atoms with E-state index in [0.717, 1.165) is 12.3 Å². The van der Waals surface area contributed by atoms with Gasteiger partial charge < -0.3 is 15.9 Å². The minimum absolute atomic E-state index is 0.0186. The topological polar surface area (TPSA) is 76.2 Å². The standard InChI is InChI=1S/C9H8BrFN2O2/c1-15-9(14)4-2-6(11)7(10)5(3-12)8(4)13/h2-3,12H,13H2,1H3. The van der Waals surface area contributed by atoms with E-state index in [0.29, 0.717) is 0 Å². The highest BCUT2D eigenvalue weighted by Gasteiger charge is 2.18. The fourth-order valence-electron chi connectivity index (χ4n) is 1.08. The van der Waals surface area contributed by atoms with Crippen LogP contribution < -0.4 is 5.73 Å². The Morgan fingerprint density at radius 2 is 2.33 bits per heavy atom. The minimum Gasteiger partial charge on any atom is -0.465 e. The van der Waals surface area contributed by atoms with Gasteiger partial charge in [-0.05, 0) is 22.0 Å². The molecule has 1 aromatic rings. The van der Waals surface area contributed by atoms with Crippen molar-refractivity contribution in [3.05, 3.63) is 27.5 Å². The number of nitrogens with two attached hydrogens (primary N) is 1. The molecule has 80 valence electrons. The second-order valence-electron chi connectivity index (χ2n) is 2.68. The van der Waals surface area contributed by atoms with Crippen LogP contribution in [-0.2, 0) is 4.74 Å². The summed E-state index contributed by atoms with van der Waals surface area (Å²) in [6, 6.07) is 0.970. The summed E-state index contributed by atoms with van der Waals surface area (Å²) in [7, 11) is 1.17. The van der Waals surface area contributed by atoms with E-state index in [1.165, 1.54) is 7.11 Å². The summed E-state index contributed by atoms with van der Waals surface area (Å²) in [6.45, 7) is 0. The van der Waals surface area contributed by atoms with Crippen LogP contribution >= 0.6 is 15.9 Å². The Morgan fingerprint density at radius 1 is 1.73 bits per heavy atom. The van der Waals surface area contributed by atoms with Gasteiger partial charge in [-0.1, -0.05) is 0 Å². The predicted octanol–water partition coefficient (Wildman–Crippen LogP) is 1.95. The maximum absolute atomic E-state index is 13.3. The molecule has 0 saturated carbocycles. The first-order valence-corrected chi connectivity index (χ1v) is 4.68. The molecule has 0 aliphatic heterocycles. The fourth-order valence-corrected chi connectivity index (χ4v) is 1.52. The van der Waals surface area contributed by atoms with Gasteiger partial charge in [0.15, 0.2) is 0 Å². The van der Waals surface area contributed by atoms with Gasteiger partial charge in [-0.2, -0.15) is 0 Å². The molecule has 0 spiro atoms. The van der Waals surface area contributed by atoms with Gasteiger partial charge in [-0.15, -0.1) is 0 Å². The molecule has 0 aliphatic rings. The van der Waals surface area contributed by atoms with Crippen LogP contribution in [0.2, 0.25) is 0 Å². The highest BCUT2D eigenvalue weighted by atomic mass is 79.9. The lowest BCUT2D eigenvalue weighted by atomic mass is 10.1. The summed E-state index contributed by atoms with van der Waals surface area (Å²) < 4.78 is 17.8. The number of methoxy groups -OCH3 is 1. The number of hydrogen-bond acceptors (Lipinski definition) is 4. The van der Waals surface area contributed by atoms with Crippen LogP contribution in [0.3, 0.4) is 0 Å². The number of hydrogen-bond donors (Lipinski definition) is 2. The Hall–Kier alpha value is -1.43. The Labute approximate surface area is 93.9 Å². The van der Waals surface area contributed by atoms with Gasteiger partial charge in [-0.25, -0.2) is 9.18 Å². The van der Waals surface area contributed by atoms with E-state index >= 15 is 0 Å². The SMILES string of the molecule is COC(=O)c1cc(F)c(Br)c(C=N)c1N. The van der Waals surface area contributed by atoms with Gasteiger partial charge in [0.2, 0.25) is 0 Å². The lowest BCUT2D eigenvalue weighted by molar-refractivity contribution is 0.0601. The molecular weight excluding hydrogens is 267 g/mol. The van der Waals surface area contributed by atoms with Crippen LogP contribution in [0.25, 0.3) is 0 Å². The second-order valence-corrected chi connectivity index (χ2v) is 3.48. The van der Waals surface area contributed by atoms with Crippen molar-refractivity contribution in [2.45, 2.75) is 0 Å². The number of rotatable bonds is 2. The smallest absolute Gasteiger partial charge is 0.340 e. The monoisotopic (exact) mass is 274 g/mol. The number of halogens is 2. The van der Waals surface area contributed by atoms with Crippen LogP contribution in [0.5, 0.6) is 0 Å². The first kappa shape index (κ1) is 11.6. The molecule has 0 radical (unpaired) electrons. The highest BCUT2D eigenvalue weighted by molar-refractivity contribution is 9.10. The summed E-state index contributed by atoms with van der Waals surface area (Å²) in [5, 5.41) is 7.06. The third kappa shape index (κ3) is 1.99. The molecule has 1 aromatic carbocycles. The number of esters is 1. The summed E-state index contributed by atoms with van der Waals surface area (Å²) >= 11 is 2.94. The predicted molar refractivity (Wildman–Crippen MR) is 57.7 cm³/mol. The van der Waals surface area contributed by atoms with Crippen LogP contribution in [0.15, 0.2) is 10.5 Å².